The minimum absolute atomic E-state index is 0.0364. The molecule has 45 heavy (non-hydrogen) atoms. The molecule has 0 unspecified atom stereocenters. The van der Waals surface area contributed by atoms with Gasteiger partial charge in [-0.1, -0.05) is 60.5 Å². The van der Waals surface area contributed by atoms with Gasteiger partial charge in [-0.15, -0.1) is 0 Å². The van der Waals surface area contributed by atoms with Crippen LogP contribution < -0.4 is 10.6 Å². The summed E-state index contributed by atoms with van der Waals surface area (Å²) in [5.41, 5.74) is -0.0615. The van der Waals surface area contributed by atoms with Gasteiger partial charge in [0.25, 0.3) is 0 Å². The molecule has 5 atom stereocenters. The van der Waals surface area contributed by atoms with E-state index in [0.717, 1.165) is 50.5 Å². The van der Waals surface area contributed by atoms with Crippen LogP contribution in [-0.2, 0) is 28.7 Å². The van der Waals surface area contributed by atoms with E-state index in [1.54, 1.807) is 7.11 Å². The lowest BCUT2D eigenvalue weighted by atomic mass is 10.0. The molecular weight excluding hydrogens is 580 g/mol. The van der Waals surface area contributed by atoms with Crippen molar-refractivity contribution in [1.29, 1.82) is 0 Å². The van der Waals surface area contributed by atoms with Gasteiger partial charge in [0.05, 0.1) is 13.2 Å². The Labute approximate surface area is 263 Å². The highest BCUT2D eigenvalue weighted by atomic mass is 16.6. The molecule has 1 aromatic carbocycles. The fourth-order valence-electron chi connectivity index (χ4n) is 6.54. The third-order valence-corrected chi connectivity index (χ3v) is 9.19. The quantitative estimate of drug-likeness (QED) is 0.225. The van der Waals surface area contributed by atoms with E-state index in [1.165, 1.54) is 4.90 Å². The summed E-state index contributed by atoms with van der Waals surface area (Å²) in [6.07, 6.45) is 9.86. The number of carboxylic acids is 1. The van der Waals surface area contributed by atoms with Crippen LogP contribution in [0.15, 0.2) is 47.6 Å². The first-order chi connectivity index (χ1) is 21.8. The van der Waals surface area contributed by atoms with Crippen LogP contribution in [0.5, 0.6) is 0 Å². The molecule has 0 bridgehead atoms. The van der Waals surface area contributed by atoms with E-state index in [4.69, 9.17) is 14.3 Å². The molecule has 0 spiro atoms. The van der Waals surface area contributed by atoms with Gasteiger partial charge in [0.15, 0.2) is 0 Å². The predicted molar refractivity (Wildman–Crippen MR) is 164 cm³/mol. The largest absolute Gasteiger partial charge is 0.479 e. The summed E-state index contributed by atoms with van der Waals surface area (Å²) in [6, 6.07) is 7.47. The number of methoxy groups -OCH3 is 1. The molecule has 5 rings (SSSR count). The Balaban J connectivity index is 1.38. The summed E-state index contributed by atoms with van der Waals surface area (Å²) in [7, 11) is 1.55. The first-order valence-corrected chi connectivity index (χ1v) is 16.1. The molecule has 0 aromatic heterocycles. The normalized spacial score (nSPS) is 30.2. The molecule has 3 N–H and O–H groups in total. The predicted octanol–water partition coefficient (Wildman–Crippen LogP) is 3.54. The molecule has 1 saturated heterocycles. The Morgan fingerprint density at radius 1 is 1.07 bits per heavy atom. The van der Waals surface area contributed by atoms with Crippen molar-refractivity contribution in [2.24, 2.45) is 11.1 Å². The van der Waals surface area contributed by atoms with Gasteiger partial charge in [0.2, 0.25) is 11.8 Å². The lowest BCUT2D eigenvalue weighted by Crippen LogP contribution is -2.56. The number of alkyl carbamates (subject to hydrolysis) is 1. The zero-order valence-electron chi connectivity index (χ0n) is 25.8. The van der Waals surface area contributed by atoms with Crippen molar-refractivity contribution in [3.05, 3.63) is 48.0 Å². The molecule has 4 aliphatic rings. The van der Waals surface area contributed by atoms with Gasteiger partial charge in [-0.25, -0.2) is 9.59 Å². The fraction of sp³-hybridized carbons (Fsp3) is 0.606. The average Bonchev–Trinajstić information content (AvgIpc) is 3.33. The molecule has 0 radical (unpaired) electrons. The van der Waals surface area contributed by atoms with Gasteiger partial charge in [-0.05, 0) is 51.4 Å². The maximum absolute atomic E-state index is 14.1. The Morgan fingerprint density at radius 2 is 1.82 bits per heavy atom. The zero-order valence-corrected chi connectivity index (χ0v) is 25.8. The molecule has 2 saturated carbocycles. The van der Waals surface area contributed by atoms with Crippen molar-refractivity contribution in [3.63, 3.8) is 0 Å². The summed E-state index contributed by atoms with van der Waals surface area (Å²) >= 11 is 0. The standard InChI is InChI=1S/C33H44N4O8/c1-43-21-27(22-12-6-5-7-13-22)36-45-25-18-28-29(38)35-33(31(40)41)19-23(33)14-8-3-2-4-9-17-26(30(39)37(28)20-25)34-32(42)44-24-15-10-11-16-24/h5-8,12-14,23-26,28H,2-4,9-11,15-21H2,1H3,(H,34,42)(H,35,38)(H,40,41)/b14-8-,36-27+/t23-,25-,26+,28+,33+/m1/s1. The smallest absolute Gasteiger partial charge is 0.408 e. The van der Waals surface area contributed by atoms with Crippen molar-refractivity contribution in [3.8, 4) is 0 Å². The monoisotopic (exact) mass is 624 g/mol. The van der Waals surface area contributed by atoms with Gasteiger partial charge >= 0.3 is 12.1 Å². The van der Waals surface area contributed by atoms with E-state index in [9.17, 15) is 24.3 Å². The van der Waals surface area contributed by atoms with Crippen LogP contribution in [0.2, 0.25) is 0 Å². The third kappa shape index (κ3) is 8.02. The Bertz CT molecular complexity index is 1280. The average molecular weight is 625 g/mol. The second-order valence-electron chi connectivity index (χ2n) is 12.5. The second-order valence-corrected chi connectivity index (χ2v) is 12.5. The molecule has 2 heterocycles. The first kappa shape index (κ1) is 32.5. The van der Waals surface area contributed by atoms with Crippen molar-refractivity contribution in [2.45, 2.75) is 100 Å². The number of nitrogens with one attached hydrogen (secondary N) is 2. The van der Waals surface area contributed by atoms with Crippen LogP contribution in [0, 0.1) is 5.92 Å². The minimum Gasteiger partial charge on any atom is -0.479 e. The van der Waals surface area contributed by atoms with Crippen molar-refractivity contribution < 1.29 is 38.6 Å². The van der Waals surface area contributed by atoms with Gasteiger partial charge in [-0.2, -0.15) is 0 Å². The Kier molecular flexibility index (Phi) is 10.7. The molecule has 3 amide bonds. The number of rotatable bonds is 8. The number of oxime groups is 1. The maximum atomic E-state index is 14.1. The second kappa shape index (κ2) is 14.9. The van der Waals surface area contributed by atoms with Crippen LogP contribution in [0.25, 0.3) is 0 Å². The van der Waals surface area contributed by atoms with Gasteiger partial charge in [0, 0.05) is 25.0 Å². The number of aliphatic carboxylic acids is 1. The Hall–Kier alpha value is -3.93. The molecule has 3 fully saturated rings. The number of carboxylic acid groups (broad SMARTS) is 1. The van der Waals surface area contributed by atoms with Crippen molar-refractivity contribution in [1.82, 2.24) is 15.5 Å². The summed E-state index contributed by atoms with van der Waals surface area (Å²) in [5.74, 6) is -2.43. The highest BCUT2D eigenvalue weighted by Crippen LogP contribution is 2.45. The zero-order chi connectivity index (χ0) is 31.8. The molecule has 1 aromatic rings. The first-order valence-electron chi connectivity index (χ1n) is 16.1. The molecule has 12 heteroatoms. The summed E-state index contributed by atoms with van der Waals surface area (Å²) in [5, 5.41) is 20.0. The lowest BCUT2D eigenvalue weighted by Gasteiger charge is -2.29. The van der Waals surface area contributed by atoms with Crippen LogP contribution >= 0.6 is 0 Å². The molecule has 12 nitrogen and oxygen atoms in total. The molecule has 244 valence electrons. The van der Waals surface area contributed by atoms with Crippen LogP contribution in [0.1, 0.15) is 76.2 Å². The molecular formula is C33H44N4O8. The van der Waals surface area contributed by atoms with Gasteiger partial charge in [-0.3, -0.25) is 9.59 Å². The lowest BCUT2D eigenvalue weighted by molar-refractivity contribution is -0.145. The van der Waals surface area contributed by atoms with Crippen LogP contribution in [-0.4, -0.2) is 89.7 Å². The summed E-state index contributed by atoms with van der Waals surface area (Å²) in [6.45, 7) is 0.225. The number of benzene rings is 1. The number of fused-ring (bicyclic) bond motifs is 2. The van der Waals surface area contributed by atoms with E-state index in [2.05, 4.69) is 15.8 Å². The molecule has 2 aliphatic heterocycles. The summed E-state index contributed by atoms with van der Waals surface area (Å²) in [4.78, 5) is 60.4. The van der Waals surface area contributed by atoms with E-state index >= 15 is 0 Å². The van der Waals surface area contributed by atoms with Crippen molar-refractivity contribution >= 4 is 29.6 Å². The number of nitrogens with zero attached hydrogens (tertiary/aromatic N) is 2. The van der Waals surface area contributed by atoms with Gasteiger partial charge in [0.1, 0.15) is 35.5 Å². The van der Waals surface area contributed by atoms with E-state index in [-0.39, 0.29) is 38.0 Å². The summed E-state index contributed by atoms with van der Waals surface area (Å²) < 4.78 is 10.9. The van der Waals surface area contributed by atoms with Crippen molar-refractivity contribution in [2.75, 3.05) is 20.3 Å². The van der Waals surface area contributed by atoms with E-state index in [0.29, 0.717) is 18.6 Å². The number of carbonyl (C=O) groups is 4. The maximum Gasteiger partial charge on any atom is 0.408 e. The van der Waals surface area contributed by atoms with E-state index in [1.807, 2.05) is 42.5 Å². The highest BCUT2D eigenvalue weighted by molar-refractivity contribution is 6.01. The molecule has 2 aliphatic carbocycles. The van der Waals surface area contributed by atoms with Crippen LogP contribution in [0.4, 0.5) is 4.79 Å². The van der Waals surface area contributed by atoms with E-state index < -0.39 is 47.6 Å². The topological polar surface area (TPSA) is 156 Å². The third-order valence-electron chi connectivity index (χ3n) is 9.19. The number of hydrogen-bond donors (Lipinski definition) is 3. The SMILES string of the molecule is COC/C(=N\O[C@@H]1C[C@H]2C(=O)N[C@@]3(C(=O)O)C[C@H]3/C=C\CCCCC[C@H](NC(=O)OC3CCCC3)C(=O)N2C1)c1ccccc1. The number of ether oxygens (including phenoxy) is 2. The minimum atomic E-state index is -1.42. The van der Waals surface area contributed by atoms with Crippen LogP contribution in [0.3, 0.4) is 0 Å². The number of amides is 3. The number of allylic oxidation sites excluding steroid dienone is 1. The fourth-order valence-corrected chi connectivity index (χ4v) is 6.54. The van der Waals surface area contributed by atoms with Gasteiger partial charge < -0.3 is 35.0 Å². The number of carbonyl (C=O) groups excluding carboxylic acids is 3. The Morgan fingerprint density at radius 3 is 2.56 bits per heavy atom. The highest BCUT2D eigenvalue weighted by Gasteiger charge is 2.61. The number of hydrogen-bond acceptors (Lipinski definition) is 8.